The van der Waals surface area contributed by atoms with Gasteiger partial charge in [0, 0.05) is 13.1 Å². The number of likely N-dealkylation sites (N-methyl/N-ethyl adjacent to an activating group) is 1. The van der Waals surface area contributed by atoms with Gasteiger partial charge in [0.2, 0.25) is 0 Å². The third-order valence-corrected chi connectivity index (χ3v) is 1.62. The number of rotatable bonds is 2. The number of amides is 1. The van der Waals surface area contributed by atoms with Crippen LogP contribution < -0.4 is 0 Å². The van der Waals surface area contributed by atoms with Crippen LogP contribution in [-0.2, 0) is 4.79 Å². The monoisotopic (exact) mass is 159 g/mol. The molecule has 0 radical (unpaired) electrons. The van der Waals surface area contributed by atoms with Gasteiger partial charge in [-0.3, -0.25) is 4.79 Å². The molecule has 0 fully saturated rings. The fraction of sp³-hybridized carbons (Fsp3) is 0.875. The van der Waals surface area contributed by atoms with Crippen LogP contribution in [0.15, 0.2) is 0 Å². The van der Waals surface area contributed by atoms with Crippen LogP contribution in [-0.4, -0.2) is 34.6 Å². The SMILES string of the molecule is CC(C)N(C)C(=O)C(C)(C)O. The molecule has 0 aliphatic rings. The lowest BCUT2D eigenvalue weighted by atomic mass is 10.1. The summed E-state index contributed by atoms with van der Waals surface area (Å²) < 4.78 is 0. The number of carbonyl (C=O) groups is 1. The summed E-state index contributed by atoms with van der Waals surface area (Å²) in [7, 11) is 1.69. The number of carbonyl (C=O) groups excluding carboxylic acids is 1. The Morgan fingerprint density at radius 2 is 1.82 bits per heavy atom. The summed E-state index contributed by atoms with van der Waals surface area (Å²) in [5, 5.41) is 9.31. The summed E-state index contributed by atoms with van der Waals surface area (Å²) >= 11 is 0. The average molecular weight is 159 g/mol. The molecule has 0 aromatic carbocycles. The Hall–Kier alpha value is -0.570. The highest BCUT2D eigenvalue weighted by Crippen LogP contribution is 2.07. The summed E-state index contributed by atoms with van der Waals surface area (Å²) in [4.78, 5) is 12.8. The van der Waals surface area contributed by atoms with Crippen LogP contribution in [0.5, 0.6) is 0 Å². The molecule has 0 saturated carbocycles. The van der Waals surface area contributed by atoms with Gasteiger partial charge in [-0.15, -0.1) is 0 Å². The van der Waals surface area contributed by atoms with Crippen molar-refractivity contribution in [3.63, 3.8) is 0 Å². The quantitative estimate of drug-likeness (QED) is 0.641. The highest BCUT2D eigenvalue weighted by molar-refractivity contribution is 5.84. The molecule has 1 N–H and O–H groups in total. The molecule has 0 heterocycles. The van der Waals surface area contributed by atoms with Crippen LogP contribution in [0.2, 0.25) is 0 Å². The fourth-order valence-corrected chi connectivity index (χ4v) is 0.666. The van der Waals surface area contributed by atoms with Gasteiger partial charge in [-0.05, 0) is 27.7 Å². The highest BCUT2D eigenvalue weighted by atomic mass is 16.3. The summed E-state index contributed by atoms with van der Waals surface area (Å²) in [6.45, 7) is 6.80. The van der Waals surface area contributed by atoms with Crippen molar-refractivity contribution in [1.29, 1.82) is 0 Å². The predicted octanol–water partition coefficient (Wildman–Crippen LogP) is 0.624. The third-order valence-electron chi connectivity index (χ3n) is 1.62. The maximum absolute atomic E-state index is 11.3. The normalized spacial score (nSPS) is 11.9. The van der Waals surface area contributed by atoms with Crippen molar-refractivity contribution < 1.29 is 9.90 Å². The average Bonchev–Trinajstić information content (AvgIpc) is 1.82. The van der Waals surface area contributed by atoms with E-state index in [-0.39, 0.29) is 11.9 Å². The van der Waals surface area contributed by atoms with Gasteiger partial charge in [0.05, 0.1) is 0 Å². The van der Waals surface area contributed by atoms with Crippen molar-refractivity contribution >= 4 is 5.91 Å². The van der Waals surface area contributed by atoms with Gasteiger partial charge in [-0.2, -0.15) is 0 Å². The molecule has 3 nitrogen and oxygen atoms in total. The number of nitrogens with zero attached hydrogens (tertiary/aromatic N) is 1. The number of hydrogen-bond donors (Lipinski definition) is 1. The molecule has 0 unspecified atom stereocenters. The summed E-state index contributed by atoms with van der Waals surface area (Å²) in [6, 6.07) is 0.133. The summed E-state index contributed by atoms with van der Waals surface area (Å²) in [5.74, 6) is -0.243. The zero-order valence-electron chi connectivity index (χ0n) is 7.88. The van der Waals surface area contributed by atoms with Crippen LogP contribution >= 0.6 is 0 Å². The van der Waals surface area contributed by atoms with Gasteiger partial charge < -0.3 is 10.0 Å². The van der Waals surface area contributed by atoms with Crippen LogP contribution in [0.3, 0.4) is 0 Å². The molecule has 0 bridgehead atoms. The molecule has 0 atom stereocenters. The van der Waals surface area contributed by atoms with E-state index in [1.807, 2.05) is 13.8 Å². The number of hydrogen-bond acceptors (Lipinski definition) is 2. The van der Waals surface area contributed by atoms with Gasteiger partial charge in [0.25, 0.3) is 5.91 Å². The van der Waals surface area contributed by atoms with E-state index in [4.69, 9.17) is 0 Å². The Labute approximate surface area is 68.0 Å². The van der Waals surface area contributed by atoms with Gasteiger partial charge in [0.1, 0.15) is 5.60 Å². The van der Waals surface area contributed by atoms with E-state index in [1.54, 1.807) is 7.05 Å². The molecule has 1 amide bonds. The van der Waals surface area contributed by atoms with Crippen LogP contribution in [0.25, 0.3) is 0 Å². The Morgan fingerprint density at radius 1 is 1.45 bits per heavy atom. The summed E-state index contributed by atoms with van der Waals surface area (Å²) in [5.41, 5.74) is -1.25. The van der Waals surface area contributed by atoms with Crippen molar-refractivity contribution in [3.05, 3.63) is 0 Å². The first-order valence-electron chi connectivity index (χ1n) is 3.76. The van der Waals surface area contributed by atoms with Gasteiger partial charge in [0.15, 0.2) is 0 Å². The molecular formula is C8H17NO2. The van der Waals surface area contributed by atoms with E-state index >= 15 is 0 Å². The molecule has 0 aliphatic heterocycles. The Balaban J connectivity index is 4.26. The minimum Gasteiger partial charge on any atom is -0.381 e. The maximum atomic E-state index is 11.3. The van der Waals surface area contributed by atoms with Crippen molar-refractivity contribution in [2.45, 2.75) is 39.3 Å². The van der Waals surface area contributed by atoms with E-state index in [1.165, 1.54) is 18.7 Å². The molecule has 66 valence electrons. The largest absolute Gasteiger partial charge is 0.381 e. The lowest BCUT2D eigenvalue weighted by Gasteiger charge is -2.27. The molecule has 0 rings (SSSR count). The molecule has 0 aliphatic carbocycles. The second-order valence-electron chi connectivity index (χ2n) is 3.57. The molecule has 0 aromatic heterocycles. The molecule has 0 saturated heterocycles. The van der Waals surface area contributed by atoms with Crippen molar-refractivity contribution in [3.8, 4) is 0 Å². The molecule has 3 heteroatoms. The van der Waals surface area contributed by atoms with E-state index in [0.29, 0.717) is 0 Å². The van der Waals surface area contributed by atoms with Gasteiger partial charge in [-0.1, -0.05) is 0 Å². The smallest absolute Gasteiger partial charge is 0.253 e. The van der Waals surface area contributed by atoms with E-state index < -0.39 is 5.60 Å². The topological polar surface area (TPSA) is 40.5 Å². The molecule has 0 aromatic rings. The molecule has 0 spiro atoms. The predicted molar refractivity (Wildman–Crippen MR) is 44.2 cm³/mol. The summed E-state index contributed by atoms with van der Waals surface area (Å²) in [6.07, 6.45) is 0. The maximum Gasteiger partial charge on any atom is 0.253 e. The second kappa shape index (κ2) is 3.22. The van der Waals surface area contributed by atoms with Crippen LogP contribution in [0.1, 0.15) is 27.7 Å². The van der Waals surface area contributed by atoms with Crippen LogP contribution in [0, 0.1) is 0 Å². The van der Waals surface area contributed by atoms with Gasteiger partial charge in [-0.25, -0.2) is 0 Å². The Bertz CT molecular complexity index is 147. The fourth-order valence-electron chi connectivity index (χ4n) is 0.666. The minimum atomic E-state index is -1.25. The minimum absolute atomic E-state index is 0.133. The van der Waals surface area contributed by atoms with Crippen molar-refractivity contribution in [2.24, 2.45) is 0 Å². The van der Waals surface area contributed by atoms with Gasteiger partial charge >= 0.3 is 0 Å². The van der Waals surface area contributed by atoms with E-state index in [2.05, 4.69) is 0 Å². The zero-order valence-corrected chi connectivity index (χ0v) is 7.88. The highest BCUT2D eigenvalue weighted by Gasteiger charge is 2.28. The first kappa shape index (κ1) is 10.4. The standard InChI is InChI=1S/C8H17NO2/c1-6(2)9(5)7(10)8(3,4)11/h6,11H,1-5H3. The van der Waals surface area contributed by atoms with E-state index in [9.17, 15) is 9.90 Å². The first-order chi connectivity index (χ1) is 4.76. The zero-order chi connectivity index (χ0) is 9.23. The molecule has 11 heavy (non-hydrogen) atoms. The number of aliphatic hydroxyl groups is 1. The van der Waals surface area contributed by atoms with Crippen molar-refractivity contribution in [2.75, 3.05) is 7.05 Å². The lowest BCUT2D eigenvalue weighted by Crippen LogP contribution is -2.46. The Morgan fingerprint density at radius 3 is 1.91 bits per heavy atom. The van der Waals surface area contributed by atoms with E-state index in [0.717, 1.165) is 0 Å². The van der Waals surface area contributed by atoms with Crippen molar-refractivity contribution in [1.82, 2.24) is 4.90 Å². The molecular weight excluding hydrogens is 142 g/mol. The lowest BCUT2D eigenvalue weighted by molar-refractivity contribution is -0.148. The third kappa shape index (κ3) is 2.89. The second-order valence-corrected chi connectivity index (χ2v) is 3.57. The van der Waals surface area contributed by atoms with Crippen LogP contribution in [0.4, 0.5) is 0 Å². The first-order valence-corrected chi connectivity index (χ1v) is 3.76. The Kier molecular flexibility index (Phi) is 3.05.